The standard InChI is InChI=1S/C15H18IN3O2/c1-17-15-14(16)11(9-20-2)18-13(19-15)8-10-6-4-5-7-12(10)21-3/h4-7H,8-9H2,1-3H3,(H,17,18,19). The lowest BCUT2D eigenvalue weighted by atomic mass is 10.1. The molecule has 0 aliphatic rings. The van der Waals surface area contributed by atoms with Gasteiger partial charge in [-0.1, -0.05) is 18.2 Å². The van der Waals surface area contributed by atoms with Gasteiger partial charge in [0.2, 0.25) is 0 Å². The zero-order valence-electron chi connectivity index (χ0n) is 12.3. The number of hydrogen-bond acceptors (Lipinski definition) is 5. The summed E-state index contributed by atoms with van der Waals surface area (Å²) in [4.78, 5) is 9.17. The number of anilines is 1. The second-order valence-electron chi connectivity index (χ2n) is 4.42. The number of para-hydroxylation sites is 1. The molecule has 5 nitrogen and oxygen atoms in total. The number of hydrogen-bond donors (Lipinski definition) is 1. The second-order valence-corrected chi connectivity index (χ2v) is 5.50. The van der Waals surface area contributed by atoms with Crippen LogP contribution in [0.15, 0.2) is 24.3 Å². The van der Waals surface area contributed by atoms with Gasteiger partial charge in [0.25, 0.3) is 0 Å². The Morgan fingerprint density at radius 1 is 1.19 bits per heavy atom. The highest BCUT2D eigenvalue weighted by Crippen LogP contribution is 2.23. The Kier molecular flexibility index (Phi) is 5.75. The molecule has 1 heterocycles. The lowest BCUT2D eigenvalue weighted by molar-refractivity contribution is 0.180. The minimum atomic E-state index is 0.467. The topological polar surface area (TPSA) is 56.3 Å². The normalized spacial score (nSPS) is 10.5. The van der Waals surface area contributed by atoms with Crippen molar-refractivity contribution >= 4 is 28.4 Å². The maximum Gasteiger partial charge on any atom is 0.143 e. The first-order chi connectivity index (χ1) is 10.2. The molecule has 0 fully saturated rings. The first kappa shape index (κ1) is 16.0. The van der Waals surface area contributed by atoms with Crippen molar-refractivity contribution in [1.82, 2.24) is 9.97 Å². The van der Waals surface area contributed by atoms with E-state index in [0.717, 1.165) is 32.2 Å². The summed E-state index contributed by atoms with van der Waals surface area (Å²) in [5.41, 5.74) is 1.95. The highest BCUT2D eigenvalue weighted by atomic mass is 127. The SMILES string of the molecule is CNc1nc(Cc2ccccc2OC)nc(COC)c1I. The number of nitrogens with zero attached hydrogens (tertiary/aromatic N) is 2. The molecule has 2 aromatic rings. The molecule has 1 aromatic heterocycles. The molecule has 2 rings (SSSR count). The molecule has 21 heavy (non-hydrogen) atoms. The van der Waals surface area contributed by atoms with Crippen molar-refractivity contribution in [2.45, 2.75) is 13.0 Å². The van der Waals surface area contributed by atoms with Crippen molar-refractivity contribution in [3.8, 4) is 5.75 Å². The molecule has 0 unspecified atom stereocenters. The second kappa shape index (κ2) is 7.56. The summed E-state index contributed by atoms with van der Waals surface area (Å²) in [5, 5.41) is 3.10. The summed E-state index contributed by atoms with van der Waals surface area (Å²) in [6, 6.07) is 7.90. The van der Waals surface area contributed by atoms with Gasteiger partial charge in [0.05, 0.1) is 23.0 Å². The number of nitrogens with one attached hydrogen (secondary N) is 1. The molecule has 0 aliphatic heterocycles. The van der Waals surface area contributed by atoms with Crippen LogP contribution in [0.5, 0.6) is 5.75 Å². The van der Waals surface area contributed by atoms with Gasteiger partial charge in [-0.05, 0) is 28.7 Å². The molecule has 1 N–H and O–H groups in total. The van der Waals surface area contributed by atoms with Gasteiger partial charge < -0.3 is 14.8 Å². The van der Waals surface area contributed by atoms with Gasteiger partial charge in [-0.25, -0.2) is 9.97 Å². The van der Waals surface area contributed by atoms with E-state index in [4.69, 9.17) is 9.47 Å². The van der Waals surface area contributed by atoms with E-state index in [1.54, 1.807) is 14.2 Å². The molecule has 0 saturated heterocycles. The number of aromatic nitrogens is 2. The van der Waals surface area contributed by atoms with E-state index in [2.05, 4.69) is 37.9 Å². The molecule has 112 valence electrons. The van der Waals surface area contributed by atoms with E-state index in [9.17, 15) is 0 Å². The Bertz CT molecular complexity index is 620. The number of methoxy groups -OCH3 is 2. The Labute approximate surface area is 138 Å². The van der Waals surface area contributed by atoms with Crippen LogP contribution in [0.2, 0.25) is 0 Å². The number of benzene rings is 1. The predicted octanol–water partition coefficient (Wildman–Crippen LogP) is 2.87. The quantitative estimate of drug-likeness (QED) is 0.758. The monoisotopic (exact) mass is 399 g/mol. The number of ether oxygens (including phenoxy) is 2. The Hall–Kier alpha value is -1.41. The first-order valence-corrected chi connectivity index (χ1v) is 7.61. The van der Waals surface area contributed by atoms with E-state index < -0.39 is 0 Å². The van der Waals surface area contributed by atoms with Gasteiger partial charge in [0, 0.05) is 26.1 Å². The fourth-order valence-electron chi connectivity index (χ4n) is 2.04. The molecular formula is C15H18IN3O2. The van der Waals surface area contributed by atoms with E-state index in [0.29, 0.717) is 13.0 Å². The van der Waals surface area contributed by atoms with Crippen LogP contribution in [0, 0.1) is 3.57 Å². The lowest BCUT2D eigenvalue weighted by Gasteiger charge is -2.12. The van der Waals surface area contributed by atoms with Gasteiger partial charge >= 0.3 is 0 Å². The molecule has 0 bridgehead atoms. The summed E-state index contributed by atoms with van der Waals surface area (Å²) in [5.74, 6) is 2.41. The maximum atomic E-state index is 5.38. The molecule has 0 aliphatic carbocycles. The van der Waals surface area contributed by atoms with E-state index >= 15 is 0 Å². The molecule has 0 amide bonds. The summed E-state index contributed by atoms with van der Waals surface area (Å²) >= 11 is 2.23. The highest BCUT2D eigenvalue weighted by molar-refractivity contribution is 14.1. The van der Waals surface area contributed by atoms with Crippen molar-refractivity contribution in [3.63, 3.8) is 0 Å². The van der Waals surface area contributed by atoms with Gasteiger partial charge in [-0.2, -0.15) is 0 Å². The number of halogens is 1. The summed E-state index contributed by atoms with van der Waals surface area (Å²) < 4.78 is 11.6. The van der Waals surface area contributed by atoms with Crippen LogP contribution in [-0.4, -0.2) is 31.2 Å². The van der Waals surface area contributed by atoms with Crippen LogP contribution >= 0.6 is 22.6 Å². The van der Waals surface area contributed by atoms with E-state index in [1.165, 1.54) is 0 Å². The minimum Gasteiger partial charge on any atom is -0.496 e. The zero-order chi connectivity index (χ0) is 15.2. The number of rotatable bonds is 6. The van der Waals surface area contributed by atoms with Gasteiger partial charge in [0.1, 0.15) is 17.4 Å². The van der Waals surface area contributed by atoms with Crippen LogP contribution in [-0.2, 0) is 17.8 Å². The molecule has 6 heteroatoms. The zero-order valence-corrected chi connectivity index (χ0v) is 14.5. The van der Waals surface area contributed by atoms with Crippen LogP contribution < -0.4 is 10.1 Å². The largest absolute Gasteiger partial charge is 0.496 e. The Balaban J connectivity index is 2.37. The average Bonchev–Trinajstić information content (AvgIpc) is 2.51. The highest BCUT2D eigenvalue weighted by Gasteiger charge is 2.13. The van der Waals surface area contributed by atoms with Crippen LogP contribution in [0.1, 0.15) is 17.1 Å². The van der Waals surface area contributed by atoms with Crippen LogP contribution in [0.3, 0.4) is 0 Å². The lowest BCUT2D eigenvalue weighted by Crippen LogP contribution is -2.09. The van der Waals surface area contributed by atoms with Crippen molar-refractivity contribution in [2.24, 2.45) is 0 Å². The fraction of sp³-hybridized carbons (Fsp3) is 0.333. The van der Waals surface area contributed by atoms with Gasteiger partial charge in [-0.15, -0.1) is 0 Å². The van der Waals surface area contributed by atoms with E-state index in [-0.39, 0.29) is 0 Å². The van der Waals surface area contributed by atoms with Crippen molar-refractivity contribution < 1.29 is 9.47 Å². The third kappa shape index (κ3) is 3.82. The third-order valence-corrected chi connectivity index (χ3v) is 4.16. The molecule has 0 saturated carbocycles. The van der Waals surface area contributed by atoms with Crippen LogP contribution in [0.25, 0.3) is 0 Å². The van der Waals surface area contributed by atoms with Gasteiger partial charge in [-0.3, -0.25) is 0 Å². The molecule has 1 aromatic carbocycles. The van der Waals surface area contributed by atoms with Crippen molar-refractivity contribution in [1.29, 1.82) is 0 Å². The molecule has 0 atom stereocenters. The van der Waals surface area contributed by atoms with Crippen molar-refractivity contribution in [3.05, 3.63) is 44.9 Å². The average molecular weight is 399 g/mol. The Morgan fingerprint density at radius 3 is 2.62 bits per heavy atom. The summed E-state index contributed by atoms with van der Waals surface area (Å²) in [6.45, 7) is 0.467. The smallest absolute Gasteiger partial charge is 0.143 e. The van der Waals surface area contributed by atoms with E-state index in [1.807, 2.05) is 31.3 Å². The first-order valence-electron chi connectivity index (χ1n) is 6.53. The molecule has 0 radical (unpaired) electrons. The predicted molar refractivity (Wildman–Crippen MR) is 90.8 cm³/mol. The molecule has 0 spiro atoms. The van der Waals surface area contributed by atoms with Gasteiger partial charge in [0.15, 0.2) is 0 Å². The third-order valence-electron chi connectivity index (χ3n) is 3.03. The van der Waals surface area contributed by atoms with Crippen LogP contribution in [0.4, 0.5) is 5.82 Å². The summed E-state index contributed by atoms with van der Waals surface area (Å²) in [6.07, 6.45) is 0.617. The molecular weight excluding hydrogens is 381 g/mol. The Morgan fingerprint density at radius 2 is 1.95 bits per heavy atom. The fourth-order valence-corrected chi connectivity index (χ4v) is 2.71. The summed E-state index contributed by atoms with van der Waals surface area (Å²) in [7, 11) is 5.19. The maximum absolute atomic E-state index is 5.38. The minimum absolute atomic E-state index is 0.467. The van der Waals surface area contributed by atoms with Crippen molar-refractivity contribution in [2.75, 3.05) is 26.6 Å².